The topological polar surface area (TPSA) is 98.2 Å². The van der Waals surface area contributed by atoms with Gasteiger partial charge in [-0.05, 0) is 36.9 Å². The number of hydrogen-bond donors (Lipinski definition) is 3. The summed E-state index contributed by atoms with van der Waals surface area (Å²) in [6.07, 6.45) is 0. The van der Waals surface area contributed by atoms with E-state index in [1.54, 1.807) is 0 Å². The fourth-order valence-corrected chi connectivity index (χ4v) is 3.45. The van der Waals surface area contributed by atoms with Gasteiger partial charge in [0, 0.05) is 49.7 Å². The van der Waals surface area contributed by atoms with E-state index in [1.807, 2.05) is 12.1 Å². The molecule has 7 nitrogen and oxygen atoms in total. The molecule has 0 aliphatic carbocycles. The molecular formula is C20H22N5O2. The van der Waals surface area contributed by atoms with Crippen LogP contribution >= 0.6 is 0 Å². The first kappa shape index (κ1) is 17.5. The summed E-state index contributed by atoms with van der Waals surface area (Å²) in [5.41, 5.74) is 8.12. The van der Waals surface area contributed by atoms with Crippen molar-refractivity contribution < 1.29 is 4.79 Å². The van der Waals surface area contributed by atoms with Crippen LogP contribution in [0.15, 0.2) is 35.1 Å². The summed E-state index contributed by atoms with van der Waals surface area (Å²) >= 11 is 0. The second kappa shape index (κ2) is 7.02. The Hall–Kier alpha value is -2.90. The van der Waals surface area contributed by atoms with Crippen molar-refractivity contribution in [1.82, 2.24) is 19.8 Å². The molecule has 27 heavy (non-hydrogen) atoms. The monoisotopic (exact) mass is 364 g/mol. The zero-order valence-corrected chi connectivity index (χ0v) is 15.2. The first-order valence-electron chi connectivity index (χ1n) is 8.97. The van der Waals surface area contributed by atoms with Crippen molar-refractivity contribution in [2.45, 2.75) is 6.54 Å². The average molecular weight is 364 g/mol. The second-order valence-corrected chi connectivity index (χ2v) is 7.08. The summed E-state index contributed by atoms with van der Waals surface area (Å²) < 4.78 is 0. The molecule has 1 aliphatic rings. The summed E-state index contributed by atoms with van der Waals surface area (Å²) in [5.74, 6) is -0.705. The molecule has 4 N–H and O–H groups in total. The van der Waals surface area contributed by atoms with Gasteiger partial charge >= 0.3 is 0 Å². The molecule has 1 aromatic carbocycles. The first-order valence-corrected chi connectivity index (χ1v) is 8.97. The lowest BCUT2D eigenvalue weighted by Gasteiger charge is -2.32. The summed E-state index contributed by atoms with van der Waals surface area (Å²) in [4.78, 5) is 34.0. The minimum absolute atomic E-state index is 0.0191. The first-order chi connectivity index (χ1) is 13.0. The summed E-state index contributed by atoms with van der Waals surface area (Å²) in [5, 5.41) is 1.05. The lowest BCUT2D eigenvalue weighted by Crippen LogP contribution is -2.43. The Labute approximate surface area is 156 Å². The number of likely N-dealkylation sites (N-methyl/N-ethyl adjacent to an activating group) is 1. The zero-order chi connectivity index (χ0) is 19.0. The third kappa shape index (κ3) is 3.65. The van der Waals surface area contributed by atoms with Crippen molar-refractivity contribution in [3.05, 3.63) is 58.0 Å². The lowest BCUT2D eigenvalue weighted by atomic mass is 10.1. The standard InChI is InChI=1S/C20H22N5O2/c1-24-6-8-25(9-7-24)12-13-2-4-16-14(10-13)11-18(22-16)15-3-5-17(19(21)26)23-20(15)27/h2-4,10-11,22H,6-9,12H2,1H3,(H2,21,26)(H,23,27). The molecule has 0 saturated carbocycles. The van der Waals surface area contributed by atoms with Gasteiger partial charge in [-0.15, -0.1) is 0 Å². The number of piperazine rings is 1. The van der Waals surface area contributed by atoms with Crippen molar-refractivity contribution in [3.8, 4) is 11.3 Å². The maximum absolute atomic E-state index is 12.3. The number of benzene rings is 1. The highest BCUT2D eigenvalue weighted by Gasteiger charge is 2.15. The molecule has 0 atom stereocenters. The normalized spacial score (nSPS) is 16.0. The number of nitrogens with two attached hydrogens (primary N) is 1. The van der Waals surface area contributed by atoms with Crippen molar-refractivity contribution in [2.75, 3.05) is 33.2 Å². The average Bonchev–Trinajstić information content (AvgIpc) is 3.06. The molecule has 0 unspecified atom stereocenters. The summed E-state index contributed by atoms with van der Waals surface area (Å²) in [6, 6.07) is 12.5. The van der Waals surface area contributed by atoms with Gasteiger partial charge in [0.25, 0.3) is 11.5 Å². The SMILES string of the molecule is CN1CCN(Cc2ccc3[nH]c(-c4c[c]c(C(N)=O)[nH]c4=O)cc3c2)CC1. The molecule has 1 radical (unpaired) electrons. The molecule has 2 aromatic heterocycles. The Bertz CT molecular complexity index is 1040. The number of nitrogens with one attached hydrogen (secondary N) is 2. The third-order valence-corrected chi connectivity index (χ3v) is 5.07. The number of fused-ring (bicyclic) bond motifs is 1. The highest BCUT2D eigenvalue weighted by molar-refractivity contribution is 5.91. The van der Waals surface area contributed by atoms with E-state index < -0.39 is 5.91 Å². The van der Waals surface area contributed by atoms with E-state index in [0.717, 1.165) is 43.6 Å². The van der Waals surface area contributed by atoms with E-state index in [0.29, 0.717) is 11.3 Å². The van der Waals surface area contributed by atoms with E-state index in [9.17, 15) is 9.59 Å². The van der Waals surface area contributed by atoms with Crippen LogP contribution in [-0.2, 0) is 6.54 Å². The van der Waals surface area contributed by atoms with E-state index in [2.05, 4.69) is 45.0 Å². The van der Waals surface area contributed by atoms with Gasteiger partial charge in [0.2, 0.25) is 0 Å². The number of nitrogens with zero attached hydrogens (tertiary/aromatic N) is 2. The fourth-order valence-electron chi connectivity index (χ4n) is 3.45. The fraction of sp³-hybridized carbons (Fsp3) is 0.300. The van der Waals surface area contributed by atoms with E-state index in [1.165, 1.54) is 11.6 Å². The molecule has 1 aliphatic heterocycles. The molecule has 0 bridgehead atoms. The third-order valence-electron chi connectivity index (χ3n) is 5.07. The Kier molecular flexibility index (Phi) is 4.55. The summed E-state index contributed by atoms with van der Waals surface area (Å²) in [7, 11) is 2.15. The number of aromatic nitrogens is 2. The Morgan fingerprint density at radius 2 is 1.96 bits per heavy atom. The molecule has 7 heteroatoms. The highest BCUT2D eigenvalue weighted by Crippen LogP contribution is 2.23. The van der Waals surface area contributed by atoms with E-state index in [-0.39, 0.29) is 11.3 Å². The molecular weight excluding hydrogens is 342 g/mol. The van der Waals surface area contributed by atoms with Gasteiger partial charge in [-0.2, -0.15) is 0 Å². The van der Waals surface area contributed by atoms with Gasteiger partial charge < -0.3 is 20.6 Å². The van der Waals surface area contributed by atoms with Crippen molar-refractivity contribution in [3.63, 3.8) is 0 Å². The maximum Gasteiger partial charge on any atom is 0.265 e. The maximum atomic E-state index is 12.3. The molecule has 3 aromatic rings. The van der Waals surface area contributed by atoms with Crippen LogP contribution in [0.3, 0.4) is 0 Å². The number of aromatic amines is 2. The summed E-state index contributed by atoms with van der Waals surface area (Å²) in [6.45, 7) is 5.26. The largest absolute Gasteiger partial charge is 0.364 e. The van der Waals surface area contributed by atoms with Crippen LogP contribution in [0.4, 0.5) is 0 Å². The lowest BCUT2D eigenvalue weighted by molar-refractivity contribution is 0.0995. The predicted octanol–water partition coefficient (Wildman–Crippen LogP) is 1.17. The number of H-pyrrole nitrogens is 2. The van der Waals surface area contributed by atoms with Crippen LogP contribution in [0.5, 0.6) is 0 Å². The van der Waals surface area contributed by atoms with Crippen LogP contribution in [0.1, 0.15) is 16.1 Å². The van der Waals surface area contributed by atoms with Crippen LogP contribution < -0.4 is 11.3 Å². The zero-order valence-electron chi connectivity index (χ0n) is 15.2. The van der Waals surface area contributed by atoms with Crippen molar-refractivity contribution in [2.24, 2.45) is 5.73 Å². The number of carbonyl (C=O) groups excluding carboxylic acids is 1. The number of amides is 1. The van der Waals surface area contributed by atoms with Crippen molar-refractivity contribution in [1.29, 1.82) is 0 Å². The molecule has 1 saturated heterocycles. The molecule has 1 fully saturated rings. The quantitative estimate of drug-likeness (QED) is 0.647. The molecule has 4 rings (SSSR count). The van der Waals surface area contributed by atoms with Gasteiger partial charge in [-0.3, -0.25) is 14.5 Å². The van der Waals surface area contributed by atoms with Gasteiger partial charge in [-0.25, -0.2) is 0 Å². The molecule has 0 spiro atoms. The van der Waals surface area contributed by atoms with Gasteiger partial charge in [0.15, 0.2) is 0 Å². The predicted molar refractivity (Wildman–Crippen MR) is 104 cm³/mol. The van der Waals surface area contributed by atoms with Crippen LogP contribution in [0.2, 0.25) is 0 Å². The van der Waals surface area contributed by atoms with E-state index in [4.69, 9.17) is 5.73 Å². The van der Waals surface area contributed by atoms with Crippen LogP contribution in [0.25, 0.3) is 22.2 Å². The van der Waals surface area contributed by atoms with Crippen LogP contribution in [-0.4, -0.2) is 58.9 Å². The minimum Gasteiger partial charge on any atom is -0.364 e. The Morgan fingerprint density at radius 1 is 1.19 bits per heavy atom. The minimum atomic E-state index is -0.705. The Morgan fingerprint density at radius 3 is 2.67 bits per heavy atom. The number of primary amides is 1. The van der Waals surface area contributed by atoms with Crippen molar-refractivity contribution >= 4 is 16.8 Å². The van der Waals surface area contributed by atoms with Gasteiger partial charge in [-0.1, -0.05) is 6.07 Å². The number of carbonyl (C=O) groups is 1. The van der Waals surface area contributed by atoms with Gasteiger partial charge in [0.1, 0.15) is 5.69 Å². The van der Waals surface area contributed by atoms with E-state index >= 15 is 0 Å². The molecule has 3 heterocycles. The molecule has 1 amide bonds. The number of rotatable bonds is 4. The number of pyridine rings is 1. The number of hydrogen-bond acceptors (Lipinski definition) is 4. The Balaban J connectivity index is 1.59. The van der Waals surface area contributed by atoms with Gasteiger partial charge in [0.05, 0.1) is 11.3 Å². The van der Waals surface area contributed by atoms with Crippen LogP contribution in [0, 0.1) is 6.07 Å². The second-order valence-electron chi connectivity index (χ2n) is 7.08. The smallest absolute Gasteiger partial charge is 0.265 e. The molecule has 139 valence electrons. The highest BCUT2D eigenvalue weighted by atomic mass is 16.1.